The van der Waals surface area contributed by atoms with Crippen LogP contribution in [0, 0.1) is 0 Å². The van der Waals surface area contributed by atoms with Crippen molar-refractivity contribution in [2.24, 2.45) is 0 Å². The van der Waals surface area contributed by atoms with Gasteiger partial charge in [-0.05, 0) is 85.4 Å². The Balaban J connectivity index is 1.28. The van der Waals surface area contributed by atoms with E-state index in [0.717, 1.165) is 5.56 Å². The summed E-state index contributed by atoms with van der Waals surface area (Å²) in [6.45, 7) is 5.84. The molecule has 0 heterocycles. The van der Waals surface area contributed by atoms with Gasteiger partial charge in [-0.15, -0.1) is 0 Å². The number of aryl methyl sites for hydroxylation is 1. The molecule has 1 saturated carbocycles. The first-order valence-corrected chi connectivity index (χ1v) is 12.7. The van der Waals surface area contributed by atoms with Crippen LogP contribution in [0.5, 0.6) is 0 Å². The van der Waals surface area contributed by atoms with Crippen molar-refractivity contribution < 1.29 is 19.1 Å². The summed E-state index contributed by atoms with van der Waals surface area (Å²) in [4.78, 5) is 25.2. The zero-order valence-electron chi connectivity index (χ0n) is 21.2. The van der Waals surface area contributed by atoms with Gasteiger partial charge in [0.15, 0.2) is 0 Å². The highest BCUT2D eigenvalue weighted by atomic mass is 16.6. The van der Waals surface area contributed by atoms with Crippen LogP contribution in [0.25, 0.3) is 11.1 Å². The maximum atomic E-state index is 12.9. The van der Waals surface area contributed by atoms with E-state index in [1.807, 2.05) is 57.2 Å². The fourth-order valence-corrected chi connectivity index (χ4v) is 4.97. The smallest absolute Gasteiger partial charge is 0.411 e. The number of rotatable bonds is 7. The zero-order valence-corrected chi connectivity index (χ0v) is 21.2. The Labute approximate surface area is 212 Å². The van der Waals surface area contributed by atoms with Gasteiger partial charge in [0.25, 0.3) is 0 Å². The van der Waals surface area contributed by atoms with Crippen LogP contribution in [-0.4, -0.2) is 24.3 Å². The monoisotopic (exact) mass is 483 g/mol. The van der Waals surface area contributed by atoms with E-state index in [2.05, 4.69) is 35.6 Å². The lowest BCUT2D eigenvalue weighted by Gasteiger charge is -2.20. The van der Waals surface area contributed by atoms with Crippen molar-refractivity contribution in [3.63, 3.8) is 0 Å². The number of amides is 1. The number of fused-ring (bicyclic) bond motifs is 3. The Hall–Kier alpha value is -3.60. The van der Waals surface area contributed by atoms with E-state index in [0.29, 0.717) is 18.0 Å². The molecule has 1 N–H and O–H groups in total. The summed E-state index contributed by atoms with van der Waals surface area (Å²) in [6.07, 6.45) is 2.59. The van der Waals surface area contributed by atoms with Crippen LogP contribution in [-0.2, 0) is 20.7 Å². The van der Waals surface area contributed by atoms with Crippen molar-refractivity contribution in [3.8, 4) is 11.1 Å². The zero-order chi connectivity index (χ0) is 25.3. The van der Waals surface area contributed by atoms with Crippen LogP contribution in [0.2, 0.25) is 0 Å². The SMILES string of the molecule is CC(C)(C)OC(=O)CCc1ccc(C2CC2)cc1NC(=O)OCC1c2ccccc2-c2ccccc21. The van der Waals surface area contributed by atoms with E-state index in [9.17, 15) is 9.59 Å². The average molecular weight is 484 g/mol. The lowest BCUT2D eigenvalue weighted by atomic mass is 9.98. The number of ether oxygens (including phenoxy) is 2. The molecule has 5 heteroatoms. The number of carbonyl (C=O) groups is 2. The lowest BCUT2D eigenvalue weighted by molar-refractivity contribution is -0.154. The largest absolute Gasteiger partial charge is 0.460 e. The molecule has 0 aromatic heterocycles. The fourth-order valence-electron chi connectivity index (χ4n) is 4.97. The normalized spacial score (nSPS) is 14.6. The molecule has 0 spiro atoms. The minimum absolute atomic E-state index is 0.00703. The molecule has 0 aliphatic heterocycles. The molecule has 0 radical (unpaired) electrons. The Morgan fingerprint density at radius 2 is 1.56 bits per heavy atom. The van der Waals surface area contributed by atoms with Gasteiger partial charge in [0.1, 0.15) is 12.2 Å². The molecule has 3 aromatic rings. The highest BCUT2D eigenvalue weighted by Gasteiger charge is 2.29. The van der Waals surface area contributed by atoms with E-state index in [1.165, 1.54) is 40.7 Å². The van der Waals surface area contributed by atoms with Gasteiger partial charge >= 0.3 is 12.1 Å². The minimum atomic E-state index is -0.519. The van der Waals surface area contributed by atoms with Crippen LogP contribution in [0.15, 0.2) is 66.7 Å². The summed E-state index contributed by atoms with van der Waals surface area (Å²) < 4.78 is 11.2. The van der Waals surface area contributed by atoms with Gasteiger partial charge in [-0.3, -0.25) is 10.1 Å². The topological polar surface area (TPSA) is 64.6 Å². The number of esters is 1. The van der Waals surface area contributed by atoms with Crippen LogP contribution in [0.4, 0.5) is 10.5 Å². The van der Waals surface area contributed by atoms with Crippen molar-refractivity contribution in [1.82, 2.24) is 0 Å². The summed E-state index contributed by atoms with van der Waals surface area (Å²) in [7, 11) is 0. The number of hydrogen-bond acceptors (Lipinski definition) is 4. The molecule has 2 aliphatic rings. The van der Waals surface area contributed by atoms with Crippen LogP contribution >= 0.6 is 0 Å². The Kier molecular flexibility index (Phi) is 6.57. The molecule has 2 aliphatic carbocycles. The van der Waals surface area contributed by atoms with Crippen LogP contribution < -0.4 is 5.32 Å². The van der Waals surface area contributed by atoms with E-state index in [1.54, 1.807) is 0 Å². The second-order valence-electron chi connectivity index (χ2n) is 10.7. The number of nitrogens with one attached hydrogen (secondary N) is 1. The number of benzene rings is 3. The van der Waals surface area contributed by atoms with Gasteiger partial charge in [-0.1, -0.05) is 60.7 Å². The summed E-state index contributed by atoms with van der Waals surface area (Å²) in [5.41, 5.74) is 7.06. The molecule has 36 heavy (non-hydrogen) atoms. The van der Waals surface area contributed by atoms with Crippen molar-refractivity contribution in [2.75, 3.05) is 11.9 Å². The third-order valence-electron chi connectivity index (χ3n) is 6.78. The molecule has 0 saturated heterocycles. The molecule has 186 valence electrons. The average Bonchev–Trinajstić information content (AvgIpc) is 3.64. The molecule has 0 atom stereocenters. The lowest BCUT2D eigenvalue weighted by Crippen LogP contribution is -2.24. The van der Waals surface area contributed by atoms with E-state index in [-0.39, 0.29) is 24.9 Å². The van der Waals surface area contributed by atoms with Gasteiger partial charge < -0.3 is 9.47 Å². The fraction of sp³-hybridized carbons (Fsp3) is 0.355. The van der Waals surface area contributed by atoms with Gasteiger partial charge in [-0.2, -0.15) is 0 Å². The Bertz CT molecular complexity index is 1240. The second-order valence-corrected chi connectivity index (χ2v) is 10.7. The third-order valence-corrected chi connectivity index (χ3v) is 6.78. The van der Waals surface area contributed by atoms with E-state index < -0.39 is 11.7 Å². The maximum Gasteiger partial charge on any atom is 0.411 e. The number of anilines is 1. The van der Waals surface area contributed by atoms with Crippen molar-refractivity contribution >= 4 is 17.7 Å². The van der Waals surface area contributed by atoms with Gasteiger partial charge in [0, 0.05) is 18.0 Å². The summed E-state index contributed by atoms with van der Waals surface area (Å²) in [5.74, 6) is 0.307. The molecule has 1 fully saturated rings. The van der Waals surface area contributed by atoms with Gasteiger partial charge in [0.05, 0.1) is 0 Å². The molecule has 5 nitrogen and oxygen atoms in total. The first-order chi connectivity index (χ1) is 17.3. The molecule has 1 amide bonds. The molecule has 0 unspecified atom stereocenters. The quantitative estimate of drug-likeness (QED) is 0.361. The second kappa shape index (κ2) is 9.81. The van der Waals surface area contributed by atoms with Crippen molar-refractivity contribution in [1.29, 1.82) is 0 Å². The maximum absolute atomic E-state index is 12.9. The molecule has 5 rings (SSSR count). The predicted molar refractivity (Wildman–Crippen MR) is 141 cm³/mol. The molecule has 0 bridgehead atoms. The Morgan fingerprint density at radius 3 is 2.17 bits per heavy atom. The van der Waals surface area contributed by atoms with Crippen LogP contribution in [0.3, 0.4) is 0 Å². The van der Waals surface area contributed by atoms with Gasteiger partial charge in [0.2, 0.25) is 0 Å². The van der Waals surface area contributed by atoms with Crippen molar-refractivity contribution in [3.05, 3.63) is 89.0 Å². The van der Waals surface area contributed by atoms with Crippen LogP contribution in [0.1, 0.15) is 74.1 Å². The third kappa shape index (κ3) is 5.46. The highest BCUT2D eigenvalue weighted by Crippen LogP contribution is 2.44. The Morgan fingerprint density at radius 1 is 0.917 bits per heavy atom. The summed E-state index contributed by atoms with van der Waals surface area (Å²) in [6, 6.07) is 22.7. The van der Waals surface area contributed by atoms with E-state index in [4.69, 9.17) is 9.47 Å². The van der Waals surface area contributed by atoms with E-state index >= 15 is 0 Å². The standard InChI is InChI=1S/C31H33NO4/c1-31(2,3)36-29(33)17-16-21-14-15-22(20-12-13-20)18-28(21)32-30(34)35-19-27-25-10-6-4-8-23(25)24-9-5-7-11-26(24)27/h4-11,14-15,18,20,27H,12-13,16-17,19H2,1-3H3,(H,32,34). The van der Waals surface area contributed by atoms with Gasteiger partial charge in [-0.25, -0.2) is 4.79 Å². The predicted octanol–water partition coefficient (Wildman–Crippen LogP) is 7.20. The van der Waals surface area contributed by atoms with Crippen molar-refractivity contribution in [2.45, 2.75) is 63.9 Å². The molecular formula is C31H33NO4. The highest BCUT2D eigenvalue weighted by molar-refractivity contribution is 5.86. The molecule has 3 aromatic carbocycles. The number of hydrogen-bond donors (Lipinski definition) is 1. The summed E-state index contributed by atoms with van der Waals surface area (Å²) in [5, 5.41) is 2.96. The minimum Gasteiger partial charge on any atom is -0.460 e. The first kappa shape index (κ1) is 24.1. The first-order valence-electron chi connectivity index (χ1n) is 12.7. The number of carbonyl (C=O) groups excluding carboxylic acids is 2. The molecular weight excluding hydrogens is 450 g/mol. The summed E-state index contributed by atoms with van der Waals surface area (Å²) >= 11 is 0.